The van der Waals surface area contributed by atoms with Crippen LogP contribution in [0, 0.1) is 6.92 Å². The van der Waals surface area contributed by atoms with Gasteiger partial charge in [-0.3, -0.25) is 4.79 Å². The van der Waals surface area contributed by atoms with E-state index in [4.69, 9.17) is 4.74 Å². The highest BCUT2D eigenvalue weighted by atomic mass is 16.5. The van der Waals surface area contributed by atoms with Crippen LogP contribution in [0.4, 0.5) is 5.69 Å². The molecule has 0 aliphatic carbocycles. The zero-order valence-electron chi connectivity index (χ0n) is 13.2. The number of carbonyl (C=O) groups excluding carboxylic acids is 2. The third-order valence-electron chi connectivity index (χ3n) is 4.01. The van der Waals surface area contributed by atoms with Gasteiger partial charge in [0, 0.05) is 17.9 Å². The first-order valence-electron chi connectivity index (χ1n) is 7.57. The highest BCUT2D eigenvalue weighted by molar-refractivity contribution is 6.06. The smallest absolute Gasteiger partial charge is 0.338 e. The predicted octanol–water partition coefficient (Wildman–Crippen LogP) is 2.77. The van der Waals surface area contributed by atoms with Gasteiger partial charge in [-0.15, -0.1) is 0 Å². The third-order valence-corrected chi connectivity index (χ3v) is 4.01. The lowest BCUT2D eigenvalue weighted by Gasteiger charge is -2.30. The maximum atomic E-state index is 12.8. The van der Waals surface area contributed by atoms with E-state index in [1.54, 1.807) is 23.1 Å². The molecule has 5 heteroatoms. The number of hydrogen-bond acceptors (Lipinski definition) is 4. The van der Waals surface area contributed by atoms with E-state index in [1.807, 2.05) is 25.1 Å². The van der Waals surface area contributed by atoms with Gasteiger partial charge < -0.3 is 9.64 Å². The van der Waals surface area contributed by atoms with Gasteiger partial charge in [-0.2, -0.15) is 0 Å². The number of carbonyl (C=O) groups is 2. The highest BCUT2D eigenvalue weighted by Crippen LogP contribution is 2.31. The van der Waals surface area contributed by atoms with Crippen molar-refractivity contribution in [2.45, 2.75) is 19.8 Å². The van der Waals surface area contributed by atoms with Crippen molar-refractivity contribution in [2.24, 2.45) is 0 Å². The number of aromatic nitrogens is 1. The molecule has 2 aromatic rings. The van der Waals surface area contributed by atoms with Crippen LogP contribution >= 0.6 is 0 Å². The molecule has 2 heterocycles. The molecule has 1 aliphatic heterocycles. The predicted molar refractivity (Wildman–Crippen MR) is 86.8 cm³/mol. The molecule has 0 unspecified atom stereocenters. The molecule has 0 bridgehead atoms. The average molecular weight is 310 g/mol. The number of anilines is 1. The Morgan fingerprint density at radius 3 is 2.70 bits per heavy atom. The van der Waals surface area contributed by atoms with Gasteiger partial charge in [0.1, 0.15) is 5.69 Å². The van der Waals surface area contributed by atoms with Crippen molar-refractivity contribution in [3.63, 3.8) is 0 Å². The zero-order chi connectivity index (χ0) is 16.4. The largest absolute Gasteiger partial charge is 0.465 e. The molecule has 118 valence electrons. The summed E-state index contributed by atoms with van der Waals surface area (Å²) in [4.78, 5) is 30.8. The Morgan fingerprint density at radius 2 is 1.96 bits per heavy atom. The fraction of sp³-hybridized carbons (Fsp3) is 0.278. The van der Waals surface area contributed by atoms with Crippen molar-refractivity contribution >= 4 is 17.6 Å². The number of fused-ring (bicyclic) bond motifs is 1. The van der Waals surface area contributed by atoms with E-state index in [2.05, 4.69) is 4.98 Å². The normalized spacial score (nSPS) is 13.4. The Morgan fingerprint density at radius 1 is 1.17 bits per heavy atom. The number of methoxy groups -OCH3 is 1. The molecule has 1 aromatic carbocycles. The van der Waals surface area contributed by atoms with E-state index in [0.717, 1.165) is 29.8 Å². The molecule has 5 nitrogen and oxygen atoms in total. The van der Waals surface area contributed by atoms with Gasteiger partial charge in [0.25, 0.3) is 5.91 Å². The van der Waals surface area contributed by atoms with Crippen molar-refractivity contribution in [3.05, 3.63) is 58.9 Å². The van der Waals surface area contributed by atoms with E-state index in [9.17, 15) is 9.59 Å². The van der Waals surface area contributed by atoms with Crippen molar-refractivity contribution < 1.29 is 14.3 Å². The summed E-state index contributed by atoms with van der Waals surface area (Å²) in [6.07, 6.45) is 1.56. The summed E-state index contributed by atoms with van der Waals surface area (Å²) in [5.41, 5.74) is 3.39. The maximum Gasteiger partial charge on any atom is 0.338 e. The van der Waals surface area contributed by atoms with Crippen molar-refractivity contribution in [2.75, 3.05) is 18.6 Å². The molecule has 0 radical (unpaired) electrons. The lowest BCUT2D eigenvalue weighted by atomic mass is 9.96. The van der Waals surface area contributed by atoms with Gasteiger partial charge in [0.2, 0.25) is 0 Å². The highest BCUT2D eigenvalue weighted by Gasteiger charge is 2.27. The first-order valence-corrected chi connectivity index (χ1v) is 7.57. The van der Waals surface area contributed by atoms with Gasteiger partial charge in [0.15, 0.2) is 0 Å². The SMILES string of the molecule is COC(=O)c1cccc2c1CCCN2C(=O)c1cccc(C)n1. The molecule has 0 atom stereocenters. The second kappa shape index (κ2) is 6.20. The number of esters is 1. The molecular weight excluding hydrogens is 292 g/mol. The van der Waals surface area contributed by atoms with E-state index < -0.39 is 0 Å². The number of rotatable bonds is 2. The maximum absolute atomic E-state index is 12.8. The molecule has 0 saturated carbocycles. The Labute approximate surface area is 134 Å². The van der Waals surface area contributed by atoms with E-state index >= 15 is 0 Å². The Bertz CT molecular complexity index is 771. The van der Waals surface area contributed by atoms with Crippen LogP contribution in [0.15, 0.2) is 36.4 Å². The molecule has 1 aromatic heterocycles. The standard InChI is InChI=1S/C18H18N2O3/c1-12-6-3-9-15(19-12)17(21)20-11-5-8-13-14(18(22)23-2)7-4-10-16(13)20/h3-4,6-7,9-10H,5,8,11H2,1-2H3. The summed E-state index contributed by atoms with van der Waals surface area (Å²) in [5, 5.41) is 0. The number of hydrogen-bond donors (Lipinski definition) is 0. The fourth-order valence-electron chi connectivity index (χ4n) is 2.94. The Hall–Kier alpha value is -2.69. The van der Waals surface area contributed by atoms with Crippen LogP contribution in [0.5, 0.6) is 0 Å². The minimum Gasteiger partial charge on any atom is -0.465 e. The van der Waals surface area contributed by atoms with Crippen LogP contribution in [0.25, 0.3) is 0 Å². The molecule has 3 rings (SSSR count). The third kappa shape index (κ3) is 2.82. The second-order valence-corrected chi connectivity index (χ2v) is 5.52. The topological polar surface area (TPSA) is 59.5 Å². The summed E-state index contributed by atoms with van der Waals surface area (Å²) in [6.45, 7) is 2.47. The number of benzene rings is 1. The minimum atomic E-state index is -0.371. The van der Waals surface area contributed by atoms with E-state index in [1.165, 1.54) is 7.11 Å². The fourth-order valence-corrected chi connectivity index (χ4v) is 2.94. The minimum absolute atomic E-state index is 0.142. The van der Waals surface area contributed by atoms with Gasteiger partial charge >= 0.3 is 5.97 Å². The van der Waals surface area contributed by atoms with Crippen LogP contribution in [0.2, 0.25) is 0 Å². The van der Waals surface area contributed by atoms with Crippen LogP contribution in [-0.4, -0.2) is 30.5 Å². The molecule has 1 amide bonds. The van der Waals surface area contributed by atoms with Gasteiger partial charge in [-0.25, -0.2) is 9.78 Å². The summed E-state index contributed by atoms with van der Waals surface area (Å²) in [5.74, 6) is -0.513. The molecular formula is C18H18N2O3. The van der Waals surface area contributed by atoms with Crippen LogP contribution in [0.3, 0.4) is 0 Å². The summed E-state index contributed by atoms with van der Waals surface area (Å²) < 4.78 is 4.84. The van der Waals surface area contributed by atoms with Crippen molar-refractivity contribution in [3.8, 4) is 0 Å². The molecule has 1 aliphatic rings. The van der Waals surface area contributed by atoms with Crippen LogP contribution in [-0.2, 0) is 11.2 Å². The molecule has 0 fully saturated rings. The van der Waals surface area contributed by atoms with Crippen molar-refractivity contribution in [1.82, 2.24) is 4.98 Å². The molecule has 23 heavy (non-hydrogen) atoms. The monoisotopic (exact) mass is 310 g/mol. The average Bonchev–Trinajstić information content (AvgIpc) is 2.59. The van der Waals surface area contributed by atoms with E-state index in [0.29, 0.717) is 17.8 Å². The van der Waals surface area contributed by atoms with Gasteiger partial charge in [0.05, 0.1) is 12.7 Å². The lowest BCUT2D eigenvalue weighted by Crippen LogP contribution is -2.36. The Balaban J connectivity index is 2.02. The number of amides is 1. The lowest BCUT2D eigenvalue weighted by molar-refractivity contribution is 0.0599. The van der Waals surface area contributed by atoms with Crippen molar-refractivity contribution in [1.29, 1.82) is 0 Å². The van der Waals surface area contributed by atoms with Gasteiger partial charge in [-0.1, -0.05) is 12.1 Å². The first kappa shape index (κ1) is 15.2. The van der Waals surface area contributed by atoms with Crippen LogP contribution in [0.1, 0.15) is 38.5 Å². The number of nitrogens with zero attached hydrogens (tertiary/aromatic N) is 2. The molecule has 0 N–H and O–H groups in total. The second-order valence-electron chi connectivity index (χ2n) is 5.52. The number of pyridine rings is 1. The van der Waals surface area contributed by atoms with E-state index in [-0.39, 0.29) is 11.9 Å². The van der Waals surface area contributed by atoms with Crippen LogP contribution < -0.4 is 4.90 Å². The Kier molecular flexibility index (Phi) is 4.10. The quantitative estimate of drug-likeness (QED) is 0.800. The summed E-state index contributed by atoms with van der Waals surface area (Å²) >= 11 is 0. The summed E-state index contributed by atoms with van der Waals surface area (Å²) in [6, 6.07) is 10.8. The molecule has 0 spiro atoms. The number of aryl methyl sites for hydroxylation is 1. The summed E-state index contributed by atoms with van der Waals surface area (Å²) in [7, 11) is 1.37. The first-order chi connectivity index (χ1) is 11.1. The molecule has 0 saturated heterocycles. The van der Waals surface area contributed by atoms with Gasteiger partial charge in [-0.05, 0) is 49.6 Å². The number of ether oxygens (including phenoxy) is 1. The zero-order valence-corrected chi connectivity index (χ0v) is 13.2.